The van der Waals surface area contributed by atoms with E-state index in [1.165, 1.54) is 11.6 Å². The number of carbonyl (C=O) groups is 2. The molecule has 154 valence electrons. The Balaban J connectivity index is 2.31. The molecule has 0 aliphatic heterocycles. The molecule has 2 rings (SSSR count). The molecule has 2 aromatic rings. The molecular formula is C17H26N6O4S. The number of nitrogens with one attached hydrogen (secondary N) is 2. The number of unbranched alkanes of at least 4 members (excludes halogenated alkanes) is 1. The zero-order valence-corrected chi connectivity index (χ0v) is 17.6. The van der Waals surface area contributed by atoms with Gasteiger partial charge in [-0.3, -0.25) is 34.4 Å². The molecule has 0 bridgehead atoms. The molecule has 2 amide bonds. The van der Waals surface area contributed by atoms with Gasteiger partial charge in [0.1, 0.15) is 0 Å². The number of nitrogens with zero attached hydrogens (tertiary/aromatic N) is 4. The van der Waals surface area contributed by atoms with Gasteiger partial charge in [-0.25, -0.2) is 9.78 Å². The lowest BCUT2D eigenvalue weighted by molar-refractivity contribution is -0.129. The van der Waals surface area contributed by atoms with E-state index in [4.69, 9.17) is 0 Å². The standard InChI is InChI=1S/C17H26N6O4S/c1-6-7-8-23-12-13(21(4)17(27)22(5)15(12)26)18-16(23)28-9-11(24)19-20-14(25)10(2)3/h10H,6-9H2,1-5H3,(H,19,24)(H,20,25). The fourth-order valence-corrected chi connectivity index (χ4v) is 3.32. The maximum atomic E-state index is 12.6. The summed E-state index contributed by atoms with van der Waals surface area (Å²) in [5, 5.41) is 0.479. The second-order valence-corrected chi connectivity index (χ2v) is 7.70. The van der Waals surface area contributed by atoms with Gasteiger partial charge in [0.15, 0.2) is 16.3 Å². The van der Waals surface area contributed by atoms with E-state index >= 15 is 0 Å². The molecule has 28 heavy (non-hydrogen) atoms. The molecule has 10 nitrogen and oxygen atoms in total. The van der Waals surface area contributed by atoms with Crippen molar-refractivity contribution in [2.24, 2.45) is 20.0 Å². The molecule has 0 saturated carbocycles. The van der Waals surface area contributed by atoms with Crippen molar-refractivity contribution in [2.45, 2.75) is 45.3 Å². The predicted molar refractivity (Wildman–Crippen MR) is 107 cm³/mol. The second kappa shape index (κ2) is 9.09. The Kier molecular flexibility index (Phi) is 7.05. The normalized spacial score (nSPS) is 11.2. The average Bonchev–Trinajstić information content (AvgIpc) is 3.03. The van der Waals surface area contributed by atoms with Crippen molar-refractivity contribution in [3.63, 3.8) is 0 Å². The minimum atomic E-state index is -0.455. The minimum absolute atomic E-state index is 0.00207. The highest BCUT2D eigenvalue weighted by atomic mass is 32.2. The van der Waals surface area contributed by atoms with E-state index in [0.717, 1.165) is 29.2 Å². The van der Waals surface area contributed by atoms with E-state index in [1.54, 1.807) is 25.5 Å². The molecule has 2 heterocycles. The van der Waals surface area contributed by atoms with Crippen molar-refractivity contribution in [1.29, 1.82) is 0 Å². The van der Waals surface area contributed by atoms with Crippen LogP contribution < -0.4 is 22.1 Å². The number of hydrogen-bond donors (Lipinski definition) is 2. The summed E-state index contributed by atoms with van der Waals surface area (Å²) in [6, 6.07) is 0. The van der Waals surface area contributed by atoms with Crippen molar-refractivity contribution in [1.82, 2.24) is 29.5 Å². The molecule has 0 saturated heterocycles. The van der Waals surface area contributed by atoms with Crippen LogP contribution in [0.3, 0.4) is 0 Å². The lowest BCUT2D eigenvalue weighted by Crippen LogP contribution is -2.44. The molecule has 0 aliphatic rings. The number of amides is 2. The van der Waals surface area contributed by atoms with Crippen LogP contribution in [0.25, 0.3) is 11.2 Å². The maximum absolute atomic E-state index is 12.6. The number of carbonyl (C=O) groups excluding carboxylic acids is 2. The molecular weight excluding hydrogens is 384 g/mol. The summed E-state index contributed by atoms with van der Waals surface area (Å²) >= 11 is 1.15. The molecule has 0 radical (unpaired) electrons. The molecule has 0 unspecified atom stereocenters. The van der Waals surface area contributed by atoms with Crippen molar-refractivity contribution in [3.8, 4) is 0 Å². The Labute approximate surface area is 166 Å². The van der Waals surface area contributed by atoms with Gasteiger partial charge in [0.25, 0.3) is 5.56 Å². The first-order chi connectivity index (χ1) is 13.2. The summed E-state index contributed by atoms with van der Waals surface area (Å²) < 4.78 is 4.13. The molecule has 11 heteroatoms. The van der Waals surface area contributed by atoms with Crippen molar-refractivity contribution < 1.29 is 9.59 Å². The van der Waals surface area contributed by atoms with Crippen molar-refractivity contribution >= 4 is 34.7 Å². The third kappa shape index (κ3) is 4.46. The van der Waals surface area contributed by atoms with Crippen molar-refractivity contribution in [2.75, 3.05) is 5.75 Å². The van der Waals surface area contributed by atoms with Gasteiger partial charge in [0.05, 0.1) is 5.75 Å². The summed E-state index contributed by atoms with van der Waals surface area (Å²) in [5.41, 5.74) is 4.47. The highest BCUT2D eigenvalue weighted by Crippen LogP contribution is 2.22. The average molecular weight is 411 g/mol. The summed E-state index contributed by atoms with van der Waals surface area (Å²) in [7, 11) is 2.99. The Morgan fingerprint density at radius 3 is 2.43 bits per heavy atom. The van der Waals surface area contributed by atoms with E-state index in [0.29, 0.717) is 22.9 Å². The molecule has 0 fully saturated rings. The lowest BCUT2D eigenvalue weighted by atomic mass is 10.2. The van der Waals surface area contributed by atoms with E-state index < -0.39 is 17.2 Å². The smallest absolute Gasteiger partial charge is 0.313 e. The van der Waals surface area contributed by atoms with Gasteiger partial charge in [0.2, 0.25) is 11.8 Å². The first-order valence-corrected chi connectivity index (χ1v) is 10.0. The lowest BCUT2D eigenvalue weighted by Gasteiger charge is -2.10. The van der Waals surface area contributed by atoms with E-state index in [9.17, 15) is 19.2 Å². The minimum Gasteiger partial charge on any atom is -0.313 e. The predicted octanol–water partition coefficient (Wildman–Crippen LogP) is 0.129. The van der Waals surface area contributed by atoms with Crippen LogP contribution in [0.2, 0.25) is 0 Å². The third-order valence-electron chi connectivity index (χ3n) is 4.23. The van der Waals surface area contributed by atoms with Crippen LogP contribution in [0.15, 0.2) is 14.7 Å². The van der Waals surface area contributed by atoms with Gasteiger partial charge in [0, 0.05) is 26.6 Å². The second-order valence-electron chi connectivity index (χ2n) is 6.76. The fraction of sp³-hybridized carbons (Fsp3) is 0.588. The number of fused-ring (bicyclic) bond motifs is 1. The van der Waals surface area contributed by atoms with E-state index in [2.05, 4.69) is 15.8 Å². The highest BCUT2D eigenvalue weighted by molar-refractivity contribution is 7.99. The Morgan fingerprint density at radius 1 is 1.14 bits per heavy atom. The summed E-state index contributed by atoms with van der Waals surface area (Å²) in [6.45, 7) is 6.02. The van der Waals surface area contributed by atoms with Crippen LogP contribution in [-0.2, 0) is 30.2 Å². The topological polar surface area (TPSA) is 120 Å². The highest BCUT2D eigenvalue weighted by Gasteiger charge is 2.20. The van der Waals surface area contributed by atoms with Gasteiger partial charge in [-0.15, -0.1) is 0 Å². The largest absolute Gasteiger partial charge is 0.332 e. The van der Waals surface area contributed by atoms with Crippen molar-refractivity contribution in [3.05, 3.63) is 20.8 Å². The first-order valence-electron chi connectivity index (χ1n) is 9.06. The maximum Gasteiger partial charge on any atom is 0.332 e. The van der Waals surface area contributed by atoms with Crippen LogP contribution in [0.1, 0.15) is 33.6 Å². The van der Waals surface area contributed by atoms with Crippen LogP contribution in [0, 0.1) is 5.92 Å². The number of aromatic nitrogens is 4. The number of hydrogen-bond acceptors (Lipinski definition) is 6. The Bertz CT molecular complexity index is 1000. The number of rotatable bonds is 7. The summed E-state index contributed by atoms with van der Waals surface area (Å²) in [4.78, 5) is 52.8. The third-order valence-corrected chi connectivity index (χ3v) is 5.21. The SMILES string of the molecule is CCCCn1c(SCC(=O)NNC(=O)C(C)C)nc2c1c(=O)n(C)c(=O)n2C. The van der Waals surface area contributed by atoms with Gasteiger partial charge < -0.3 is 4.57 Å². The van der Waals surface area contributed by atoms with E-state index in [1.807, 2.05) is 6.92 Å². The molecule has 2 N–H and O–H groups in total. The zero-order chi connectivity index (χ0) is 21.0. The monoisotopic (exact) mass is 410 g/mol. The number of aryl methyl sites for hydroxylation is 2. The van der Waals surface area contributed by atoms with E-state index in [-0.39, 0.29) is 17.6 Å². The Morgan fingerprint density at radius 2 is 1.82 bits per heavy atom. The number of thioether (sulfide) groups is 1. The molecule has 0 aliphatic carbocycles. The molecule has 0 spiro atoms. The van der Waals surface area contributed by atoms with Gasteiger partial charge in [-0.2, -0.15) is 0 Å². The molecule has 2 aromatic heterocycles. The van der Waals surface area contributed by atoms with Crippen LogP contribution in [0.4, 0.5) is 0 Å². The Hall–Kier alpha value is -2.56. The first kappa shape index (κ1) is 21.7. The van der Waals surface area contributed by atoms with Gasteiger partial charge in [-0.05, 0) is 6.42 Å². The number of hydrazine groups is 1. The van der Waals surface area contributed by atoms with Gasteiger partial charge >= 0.3 is 5.69 Å². The van der Waals surface area contributed by atoms with Gasteiger partial charge in [-0.1, -0.05) is 39.0 Å². The number of imidazole rings is 1. The summed E-state index contributed by atoms with van der Waals surface area (Å²) in [6.07, 6.45) is 1.74. The zero-order valence-electron chi connectivity index (χ0n) is 16.7. The molecule has 0 atom stereocenters. The van der Waals surface area contributed by atoms with Crippen LogP contribution in [0.5, 0.6) is 0 Å². The van der Waals surface area contributed by atoms with Crippen LogP contribution >= 0.6 is 11.8 Å². The van der Waals surface area contributed by atoms with Crippen LogP contribution in [-0.4, -0.2) is 36.3 Å². The molecule has 0 aromatic carbocycles. The quantitative estimate of drug-likeness (QED) is 0.495. The fourth-order valence-electron chi connectivity index (χ4n) is 2.50. The summed E-state index contributed by atoms with van der Waals surface area (Å²) in [5.74, 6) is -0.923.